The van der Waals surface area contributed by atoms with E-state index in [2.05, 4.69) is 14.9 Å². The summed E-state index contributed by atoms with van der Waals surface area (Å²) in [4.78, 5) is 15.7. The van der Waals surface area contributed by atoms with Crippen molar-refractivity contribution in [3.63, 3.8) is 0 Å². The number of fused-ring (bicyclic) bond motifs is 1. The molecule has 4 nitrogen and oxygen atoms in total. The van der Waals surface area contributed by atoms with Gasteiger partial charge in [-0.2, -0.15) is 0 Å². The second kappa shape index (κ2) is 7.08. The summed E-state index contributed by atoms with van der Waals surface area (Å²) < 4.78 is 0. The van der Waals surface area contributed by atoms with Crippen LogP contribution in [0.15, 0.2) is 48.9 Å². The largest absolute Gasteiger partial charge is 0.294 e. The third-order valence-electron chi connectivity index (χ3n) is 4.36. The molecule has 0 saturated carbocycles. The topological polar surface area (TPSA) is 41.9 Å². The third-order valence-corrected chi connectivity index (χ3v) is 5.22. The molecule has 1 aliphatic rings. The van der Waals surface area contributed by atoms with Gasteiger partial charge in [0.05, 0.1) is 15.7 Å². The molecule has 0 bridgehead atoms. The van der Waals surface area contributed by atoms with E-state index in [-0.39, 0.29) is 0 Å². The van der Waals surface area contributed by atoms with Crippen LogP contribution in [0.2, 0.25) is 10.0 Å². The van der Waals surface area contributed by atoms with Crippen molar-refractivity contribution >= 4 is 23.2 Å². The Balaban J connectivity index is 1.53. The van der Waals surface area contributed by atoms with E-state index in [1.165, 1.54) is 0 Å². The molecule has 1 aromatic carbocycles. The molecule has 0 N–H and O–H groups in total. The summed E-state index contributed by atoms with van der Waals surface area (Å²) in [5.74, 6) is 0.734. The van der Waals surface area contributed by atoms with Gasteiger partial charge in [0.1, 0.15) is 0 Å². The quantitative estimate of drug-likeness (QED) is 0.684. The molecule has 25 heavy (non-hydrogen) atoms. The smallest absolute Gasteiger partial charge is 0.160 e. The summed E-state index contributed by atoms with van der Waals surface area (Å²) in [6.45, 7) is 2.51. The lowest BCUT2D eigenvalue weighted by atomic mass is 10.1. The van der Waals surface area contributed by atoms with Gasteiger partial charge in [0, 0.05) is 55.8 Å². The summed E-state index contributed by atoms with van der Waals surface area (Å²) in [5.41, 5.74) is 4.27. The van der Waals surface area contributed by atoms with Crippen molar-refractivity contribution in [1.82, 2.24) is 19.9 Å². The van der Waals surface area contributed by atoms with Crippen molar-refractivity contribution in [2.45, 2.75) is 19.5 Å². The van der Waals surface area contributed by atoms with Gasteiger partial charge < -0.3 is 0 Å². The first-order valence-corrected chi connectivity index (χ1v) is 8.87. The molecule has 0 radical (unpaired) electrons. The zero-order chi connectivity index (χ0) is 17.2. The van der Waals surface area contributed by atoms with Crippen LogP contribution in [0.3, 0.4) is 0 Å². The molecule has 0 fully saturated rings. The van der Waals surface area contributed by atoms with Gasteiger partial charge in [-0.3, -0.25) is 9.88 Å². The van der Waals surface area contributed by atoms with Gasteiger partial charge in [-0.1, -0.05) is 35.3 Å². The zero-order valence-electron chi connectivity index (χ0n) is 13.5. The molecule has 126 valence electrons. The van der Waals surface area contributed by atoms with Crippen LogP contribution < -0.4 is 0 Å². The average Bonchev–Trinajstić information content (AvgIpc) is 2.66. The van der Waals surface area contributed by atoms with Gasteiger partial charge in [-0.25, -0.2) is 9.97 Å². The average molecular weight is 371 g/mol. The highest BCUT2D eigenvalue weighted by Gasteiger charge is 2.20. The zero-order valence-corrected chi connectivity index (χ0v) is 15.0. The van der Waals surface area contributed by atoms with E-state index in [4.69, 9.17) is 28.2 Å². The van der Waals surface area contributed by atoms with Gasteiger partial charge in [-0.15, -0.1) is 0 Å². The molecule has 0 atom stereocenters. The number of hydrogen-bond donors (Lipinski definition) is 0. The molecule has 2 aromatic heterocycles. The van der Waals surface area contributed by atoms with Crippen molar-refractivity contribution in [2.75, 3.05) is 6.54 Å². The first kappa shape index (κ1) is 16.5. The lowest BCUT2D eigenvalue weighted by Gasteiger charge is -2.28. The van der Waals surface area contributed by atoms with Crippen molar-refractivity contribution in [2.24, 2.45) is 0 Å². The summed E-state index contributed by atoms with van der Waals surface area (Å²) >= 11 is 12.4. The predicted octanol–water partition coefficient (Wildman–Crippen LogP) is 4.40. The second-order valence-electron chi connectivity index (χ2n) is 6.08. The molecule has 0 spiro atoms. The number of nitrogens with zero attached hydrogens (tertiary/aromatic N) is 4. The molecule has 1 aliphatic heterocycles. The van der Waals surface area contributed by atoms with Crippen LogP contribution in [-0.2, 0) is 19.5 Å². The van der Waals surface area contributed by atoms with Crippen LogP contribution >= 0.6 is 23.2 Å². The lowest BCUT2D eigenvalue weighted by molar-refractivity contribution is 0.243. The van der Waals surface area contributed by atoms with Crippen LogP contribution in [0.5, 0.6) is 0 Å². The monoisotopic (exact) mass is 370 g/mol. The fraction of sp³-hybridized carbons (Fsp3) is 0.211. The Kier molecular flexibility index (Phi) is 4.66. The molecule has 0 unspecified atom stereocenters. The van der Waals surface area contributed by atoms with Crippen molar-refractivity contribution in [3.05, 3.63) is 75.8 Å². The Bertz CT molecular complexity index is 899. The van der Waals surface area contributed by atoms with E-state index in [1.54, 1.807) is 12.4 Å². The molecule has 0 saturated heterocycles. The number of pyridine rings is 1. The van der Waals surface area contributed by atoms with Crippen LogP contribution in [0.4, 0.5) is 0 Å². The molecular weight excluding hydrogens is 355 g/mol. The van der Waals surface area contributed by atoms with Crippen molar-refractivity contribution in [3.8, 4) is 11.4 Å². The Hall–Kier alpha value is -2.01. The van der Waals surface area contributed by atoms with Crippen molar-refractivity contribution in [1.29, 1.82) is 0 Å². The van der Waals surface area contributed by atoms with Gasteiger partial charge in [0.2, 0.25) is 0 Å². The van der Waals surface area contributed by atoms with Crippen molar-refractivity contribution < 1.29 is 0 Å². The van der Waals surface area contributed by atoms with Crippen LogP contribution in [-0.4, -0.2) is 26.4 Å². The molecule has 6 heteroatoms. The summed E-state index contributed by atoms with van der Waals surface area (Å²) in [5, 5.41) is 1.24. The van der Waals surface area contributed by atoms with E-state index in [0.29, 0.717) is 10.0 Å². The minimum absolute atomic E-state index is 0.598. The third kappa shape index (κ3) is 3.52. The molecule has 0 amide bonds. The van der Waals surface area contributed by atoms with E-state index in [9.17, 15) is 0 Å². The maximum atomic E-state index is 6.31. The fourth-order valence-electron chi connectivity index (χ4n) is 3.06. The second-order valence-corrected chi connectivity index (χ2v) is 6.87. The molecule has 0 aliphatic carbocycles. The van der Waals surface area contributed by atoms with E-state index < -0.39 is 0 Å². The molecular formula is C19H16Cl2N4. The Morgan fingerprint density at radius 3 is 2.84 bits per heavy atom. The number of aromatic nitrogens is 3. The fourth-order valence-corrected chi connectivity index (χ4v) is 3.44. The van der Waals surface area contributed by atoms with Gasteiger partial charge in [-0.05, 0) is 23.8 Å². The van der Waals surface area contributed by atoms with Crippen LogP contribution in [0.1, 0.15) is 16.8 Å². The SMILES string of the molecule is Clc1cccc(CN2CCc3nc(-c4cccnc4)ncc3C2)c1Cl. The van der Waals surface area contributed by atoms with E-state index >= 15 is 0 Å². The highest BCUT2D eigenvalue weighted by Crippen LogP contribution is 2.28. The first-order chi connectivity index (χ1) is 12.2. The molecule has 3 aromatic rings. The van der Waals surface area contributed by atoms with Crippen LogP contribution in [0, 0.1) is 0 Å². The first-order valence-electron chi connectivity index (χ1n) is 8.11. The number of hydrogen-bond acceptors (Lipinski definition) is 4. The van der Waals surface area contributed by atoms with E-state index in [1.807, 2.05) is 36.5 Å². The molecule has 4 rings (SSSR count). The molecule has 3 heterocycles. The van der Waals surface area contributed by atoms with Crippen LogP contribution in [0.25, 0.3) is 11.4 Å². The number of benzene rings is 1. The van der Waals surface area contributed by atoms with Gasteiger partial charge in [0.25, 0.3) is 0 Å². The predicted molar refractivity (Wildman–Crippen MR) is 99.5 cm³/mol. The highest BCUT2D eigenvalue weighted by atomic mass is 35.5. The van der Waals surface area contributed by atoms with Gasteiger partial charge >= 0.3 is 0 Å². The maximum Gasteiger partial charge on any atom is 0.160 e. The number of halogens is 2. The minimum Gasteiger partial charge on any atom is -0.294 e. The normalized spacial score (nSPS) is 14.3. The Labute approximate surface area is 156 Å². The van der Waals surface area contributed by atoms with E-state index in [0.717, 1.165) is 54.3 Å². The highest BCUT2D eigenvalue weighted by molar-refractivity contribution is 6.42. The summed E-state index contributed by atoms with van der Waals surface area (Å²) in [6, 6.07) is 9.64. The Morgan fingerprint density at radius 2 is 2.00 bits per heavy atom. The lowest BCUT2D eigenvalue weighted by Crippen LogP contribution is -2.31. The minimum atomic E-state index is 0.598. The Morgan fingerprint density at radius 1 is 1.08 bits per heavy atom. The summed E-state index contributed by atoms with van der Waals surface area (Å²) in [6.07, 6.45) is 6.36. The summed E-state index contributed by atoms with van der Waals surface area (Å²) in [7, 11) is 0. The number of rotatable bonds is 3. The maximum absolute atomic E-state index is 6.31. The van der Waals surface area contributed by atoms with Gasteiger partial charge in [0.15, 0.2) is 5.82 Å². The standard InChI is InChI=1S/C19H16Cl2N4/c20-16-5-1-3-14(18(16)21)11-25-8-6-17-15(12-25)10-23-19(24-17)13-4-2-7-22-9-13/h1-5,7,9-10H,6,8,11-12H2.